The molecule has 2 N–H and O–H groups in total. The number of ketones is 4. The lowest BCUT2D eigenvalue weighted by Crippen LogP contribution is -2.77. The van der Waals surface area contributed by atoms with Crippen LogP contribution in [0.1, 0.15) is 182 Å². The summed E-state index contributed by atoms with van der Waals surface area (Å²) < 4.78 is -0.491. The SMILES string of the molecule is CCCCCCC/C=C/C(=O)C(C(O)(C(=O)/C=C/CCCCCCC)C(C(=O)[O-])(C(=O)/C=C/CCCCCCC)/C(O)=C/C(=O)CCCCCCC)[N+](C)(C)C. The molecule has 3 unspecified atom stereocenters. The van der Waals surface area contributed by atoms with Crippen LogP contribution < -0.4 is 5.11 Å². The number of aliphatic hydroxyl groups is 2. The van der Waals surface area contributed by atoms with Crippen LogP contribution in [0.15, 0.2) is 48.3 Å². The fraction of sp³-hybridized carbons (Fsp3) is 0.723. The van der Waals surface area contributed by atoms with E-state index in [1.165, 1.54) is 39.4 Å². The number of nitrogens with zero attached hydrogens (tertiary/aromatic N) is 1. The number of unbranched alkanes of at least 4 members (excludes halogenated alkanes) is 19. The Kier molecular flexibility index (Phi) is 28.3. The van der Waals surface area contributed by atoms with Crippen molar-refractivity contribution >= 4 is 29.1 Å². The maximum atomic E-state index is 14.7. The molecule has 0 aliphatic heterocycles. The number of aliphatic carboxylic acids is 1. The second-order valence-corrected chi connectivity index (χ2v) is 16.4. The van der Waals surface area contributed by atoms with E-state index in [4.69, 9.17) is 0 Å². The summed E-state index contributed by atoms with van der Waals surface area (Å²) >= 11 is 0. The zero-order valence-electron chi connectivity index (χ0n) is 36.4. The zero-order valence-corrected chi connectivity index (χ0v) is 36.4. The van der Waals surface area contributed by atoms with Gasteiger partial charge in [-0.2, -0.15) is 0 Å². The van der Waals surface area contributed by atoms with Crippen LogP contribution in [0, 0.1) is 5.41 Å². The van der Waals surface area contributed by atoms with Gasteiger partial charge in [0.05, 0.1) is 27.1 Å². The third-order valence-corrected chi connectivity index (χ3v) is 10.5. The molecule has 0 aromatic rings. The first-order valence-corrected chi connectivity index (χ1v) is 21.9. The molecule has 0 fully saturated rings. The molecule has 0 amide bonds. The molecule has 0 aliphatic carbocycles. The van der Waals surface area contributed by atoms with Crippen LogP contribution in [-0.4, -0.2) is 76.6 Å². The van der Waals surface area contributed by atoms with Crippen molar-refractivity contribution in [2.24, 2.45) is 5.41 Å². The highest BCUT2D eigenvalue weighted by Gasteiger charge is 2.71. The van der Waals surface area contributed by atoms with Crippen LogP contribution in [0.2, 0.25) is 0 Å². The van der Waals surface area contributed by atoms with Gasteiger partial charge in [-0.05, 0) is 63.2 Å². The van der Waals surface area contributed by atoms with Gasteiger partial charge >= 0.3 is 0 Å². The number of carboxylic acid groups (broad SMARTS) is 1. The average molecular weight is 786 g/mol. The standard InChI is InChI=1S/C47H79NO8/c1-8-12-16-20-23-27-31-35-40(50)44(48(5,6)7)47(56,42(52)37-33-29-25-22-18-14-10-3)46(45(54)55,41(51)36-32-28-24-21-17-13-9-2)43(53)38-39(49)34-30-26-19-15-11-4/h31-33,35-38,44,56H,8-30,34H2,1-7H3,(H-,49,53,54,55)/b35-31+,36-32+,37-33+. The molecule has 0 saturated heterocycles. The molecule has 9 nitrogen and oxygen atoms in total. The second-order valence-electron chi connectivity index (χ2n) is 16.4. The van der Waals surface area contributed by atoms with E-state index >= 15 is 0 Å². The van der Waals surface area contributed by atoms with Crippen LogP contribution in [0.5, 0.6) is 0 Å². The molecule has 0 aromatic heterocycles. The predicted molar refractivity (Wildman–Crippen MR) is 226 cm³/mol. The number of carbonyl (C=O) groups excluding carboxylic acids is 5. The summed E-state index contributed by atoms with van der Waals surface area (Å²) in [6, 6.07) is -1.91. The van der Waals surface area contributed by atoms with Gasteiger partial charge in [0.15, 0.2) is 28.8 Å². The lowest BCUT2D eigenvalue weighted by molar-refractivity contribution is -0.892. The van der Waals surface area contributed by atoms with Crippen molar-refractivity contribution in [3.63, 3.8) is 0 Å². The van der Waals surface area contributed by atoms with Gasteiger partial charge in [0.25, 0.3) is 0 Å². The van der Waals surface area contributed by atoms with Gasteiger partial charge in [-0.1, -0.05) is 149 Å². The quantitative estimate of drug-likeness (QED) is 0.0210. The maximum Gasteiger partial charge on any atom is 0.216 e. The van der Waals surface area contributed by atoms with E-state index in [0.29, 0.717) is 38.2 Å². The smallest absolute Gasteiger partial charge is 0.216 e. The van der Waals surface area contributed by atoms with Crippen LogP contribution in [-0.2, 0) is 24.0 Å². The first-order valence-electron chi connectivity index (χ1n) is 21.9. The molecule has 0 rings (SSSR count). The Morgan fingerprint density at radius 2 is 0.946 bits per heavy atom. The Morgan fingerprint density at radius 1 is 0.571 bits per heavy atom. The summed E-state index contributed by atoms with van der Waals surface area (Å²) in [5.41, 5.74) is -6.96. The Bertz CT molecular complexity index is 1290. The molecule has 0 bridgehead atoms. The molecule has 0 heterocycles. The van der Waals surface area contributed by atoms with Crippen molar-refractivity contribution in [1.29, 1.82) is 0 Å². The number of hydrogen-bond acceptors (Lipinski definition) is 8. The minimum absolute atomic E-state index is 0.0539. The van der Waals surface area contributed by atoms with E-state index in [0.717, 1.165) is 128 Å². The van der Waals surface area contributed by atoms with Crippen molar-refractivity contribution in [1.82, 2.24) is 0 Å². The molecule has 320 valence electrons. The highest BCUT2D eigenvalue weighted by atomic mass is 16.4. The third-order valence-electron chi connectivity index (χ3n) is 10.5. The van der Waals surface area contributed by atoms with E-state index in [-0.39, 0.29) is 6.42 Å². The van der Waals surface area contributed by atoms with E-state index in [9.17, 15) is 39.3 Å². The summed E-state index contributed by atoms with van der Waals surface area (Å²) in [5, 5.41) is 38.7. The Labute approximate surface area is 340 Å². The highest BCUT2D eigenvalue weighted by molar-refractivity contribution is 6.20. The Morgan fingerprint density at radius 3 is 1.34 bits per heavy atom. The fourth-order valence-corrected chi connectivity index (χ4v) is 7.30. The van der Waals surface area contributed by atoms with Gasteiger partial charge in [0, 0.05) is 12.5 Å². The number of carboxylic acids is 1. The van der Waals surface area contributed by atoms with Crippen LogP contribution in [0.25, 0.3) is 0 Å². The normalized spacial score (nSPS) is 15.3. The minimum Gasteiger partial charge on any atom is -0.548 e. The van der Waals surface area contributed by atoms with Crippen molar-refractivity contribution in [3.8, 4) is 0 Å². The number of carbonyl (C=O) groups is 5. The second kappa shape index (κ2) is 30.0. The van der Waals surface area contributed by atoms with Crippen LogP contribution in [0.4, 0.5) is 0 Å². The number of aliphatic hydroxyl groups excluding tert-OH is 1. The number of quaternary nitrogens is 1. The largest absolute Gasteiger partial charge is 0.548 e. The molecule has 0 spiro atoms. The van der Waals surface area contributed by atoms with Gasteiger partial charge in [-0.15, -0.1) is 0 Å². The van der Waals surface area contributed by atoms with E-state index in [1.54, 1.807) is 6.08 Å². The molecule has 0 saturated carbocycles. The number of likely N-dealkylation sites (N-methyl/N-ethyl adjacent to an activating group) is 1. The minimum atomic E-state index is -3.54. The predicted octanol–water partition coefficient (Wildman–Crippen LogP) is 9.36. The van der Waals surface area contributed by atoms with Crippen molar-refractivity contribution in [2.45, 2.75) is 193 Å². The molecular formula is C47H79NO8. The van der Waals surface area contributed by atoms with Gasteiger partial charge in [0.2, 0.25) is 11.4 Å². The summed E-state index contributed by atoms with van der Waals surface area (Å²) in [5.74, 6) is -7.69. The summed E-state index contributed by atoms with van der Waals surface area (Å²) in [6.07, 6.45) is 28.1. The lowest BCUT2D eigenvalue weighted by Gasteiger charge is -2.50. The van der Waals surface area contributed by atoms with E-state index < -0.39 is 56.4 Å². The van der Waals surface area contributed by atoms with Crippen molar-refractivity contribution in [3.05, 3.63) is 48.3 Å². The molecule has 0 aliphatic rings. The van der Waals surface area contributed by atoms with Crippen molar-refractivity contribution < 1.29 is 43.8 Å². The van der Waals surface area contributed by atoms with Gasteiger partial charge in [-0.3, -0.25) is 19.2 Å². The number of rotatable bonds is 36. The molecule has 9 heteroatoms. The van der Waals surface area contributed by atoms with E-state index in [1.807, 2.05) is 0 Å². The lowest BCUT2D eigenvalue weighted by atomic mass is 9.60. The van der Waals surface area contributed by atoms with E-state index in [2.05, 4.69) is 27.7 Å². The van der Waals surface area contributed by atoms with Gasteiger partial charge in [0.1, 0.15) is 5.76 Å². The molecule has 3 atom stereocenters. The maximum absolute atomic E-state index is 14.7. The molecule has 0 radical (unpaired) electrons. The monoisotopic (exact) mass is 786 g/mol. The topological polar surface area (TPSA) is 149 Å². The summed E-state index contributed by atoms with van der Waals surface area (Å²) in [7, 11) is 4.53. The molecule has 0 aromatic carbocycles. The Hall–Kier alpha value is -3.17. The zero-order chi connectivity index (χ0) is 42.5. The van der Waals surface area contributed by atoms with Crippen molar-refractivity contribution in [2.75, 3.05) is 21.1 Å². The molecular weight excluding hydrogens is 707 g/mol. The fourth-order valence-electron chi connectivity index (χ4n) is 7.30. The highest BCUT2D eigenvalue weighted by Crippen LogP contribution is 2.45. The third kappa shape index (κ3) is 18.0. The first-order chi connectivity index (χ1) is 26.6. The number of hydrogen-bond donors (Lipinski definition) is 2. The van der Waals surface area contributed by atoms with Crippen LogP contribution >= 0.6 is 0 Å². The van der Waals surface area contributed by atoms with Gasteiger partial charge in [-0.25, -0.2) is 0 Å². The summed E-state index contributed by atoms with van der Waals surface area (Å²) in [4.78, 5) is 70.6. The summed E-state index contributed by atoms with van der Waals surface area (Å²) in [6.45, 7) is 8.38. The van der Waals surface area contributed by atoms with Crippen LogP contribution in [0.3, 0.4) is 0 Å². The van der Waals surface area contributed by atoms with Gasteiger partial charge < -0.3 is 24.6 Å². The molecule has 56 heavy (non-hydrogen) atoms. The Balaban J connectivity index is 7.63. The number of allylic oxidation sites excluding steroid dienone is 5. The average Bonchev–Trinajstić information content (AvgIpc) is 3.13. The first kappa shape index (κ1) is 52.8.